The first-order chi connectivity index (χ1) is 5.25. The maximum Gasteiger partial charge on any atom is -0.0209 e. The zero-order chi connectivity index (χ0) is 8.27. The summed E-state index contributed by atoms with van der Waals surface area (Å²) in [5.74, 6) is 0. The molecule has 11 heavy (non-hydrogen) atoms. The van der Waals surface area contributed by atoms with Crippen LogP contribution < -0.4 is 0 Å². The van der Waals surface area contributed by atoms with E-state index in [0.29, 0.717) is 7.92 Å². The maximum absolute atomic E-state index is 2.51. The minimum Gasteiger partial charge on any atom is -0.104 e. The molecule has 0 aliphatic carbocycles. The lowest BCUT2D eigenvalue weighted by molar-refractivity contribution is 0.576. The standard InChI is InChI=1S/C10H21P/c1-4-6-10-8-5-7-9(2)11(10)3/h9-10H,4-8H2,1-3H3. The van der Waals surface area contributed by atoms with Crippen molar-refractivity contribution in [2.24, 2.45) is 0 Å². The Balaban J connectivity index is 2.38. The normalized spacial score (nSPS) is 39.0. The third-order valence-electron chi connectivity index (χ3n) is 3.05. The summed E-state index contributed by atoms with van der Waals surface area (Å²) in [5, 5.41) is 0. The first kappa shape index (κ1) is 9.52. The lowest BCUT2D eigenvalue weighted by atomic mass is 10.1. The maximum atomic E-state index is 2.51. The highest BCUT2D eigenvalue weighted by molar-refractivity contribution is 7.58. The third kappa shape index (κ3) is 2.44. The summed E-state index contributed by atoms with van der Waals surface area (Å²) in [7, 11) is 0.378. The fraction of sp³-hybridized carbons (Fsp3) is 1.00. The van der Waals surface area contributed by atoms with Crippen LogP contribution in [0.25, 0.3) is 0 Å². The molecule has 3 atom stereocenters. The van der Waals surface area contributed by atoms with E-state index in [0.717, 1.165) is 11.3 Å². The van der Waals surface area contributed by atoms with Crippen molar-refractivity contribution in [2.45, 2.75) is 57.3 Å². The predicted molar refractivity (Wildman–Crippen MR) is 54.9 cm³/mol. The van der Waals surface area contributed by atoms with Gasteiger partial charge in [-0.2, -0.15) is 0 Å². The molecule has 1 aliphatic heterocycles. The highest BCUT2D eigenvalue weighted by Gasteiger charge is 2.25. The van der Waals surface area contributed by atoms with Gasteiger partial charge in [0.25, 0.3) is 0 Å². The van der Waals surface area contributed by atoms with Crippen molar-refractivity contribution in [3.05, 3.63) is 0 Å². The van der Waals surface area contributed by atoms with Gasteiger partial charge in [0.1, 0.15) is 0 Å². The summed E-state index contributed by atoms with van der Waals surface area (Å²) >= 11 is 0. The van der Waals surface area contributed by atoms with Crippen LogP contribution in [0, 0.1) is 0 Å². The van der Waals surface area contributed by atoms with Crippen molar-refractivity contribution in [1.82, 2.24) is 0 Å². The van der Waals surface area contributed by atoms with Gasteiger partial charge in [0.05, 0.1) is 0 Å². The van der Waals surface area contributed by atoms with Crippen molar-refractivity contribution in [1.29, 1.82) is 0 Å². The fourth-order valence-corrected chi connectivity index (χ4v) is 4.66. The SMILES string of the molecule is CCCC1CCCC(C)P1C. The molecule has 0 radical (unpaired) electrons. The van der Waals surface area contributed by atoms with Gasteiger partial charge < -0.3 is 0 Å². The molecule has 0 amide bonds. The average Bonchev–Trinajstić information content (AvgIpc) is 1.99. The highest BCUT2D eigenvalue weighted by atomic mass is 31.1. The number of hydrogen-bond acceptors (Lipinski definition) is 0. The fourth-order valence-electron chi connectivity index (χ4n) is 2.10. The summed E-state index contributed by atoms with van der Waals surface area (Å²) in [5.41, 5.74) is 2.16. The Labute approximate surface area is 72.5 Å². The Morgan fingerprint density at radius 3 is 2.73 bits per heavy atom. The molecular weight excluding hydrogens is 151 g/mol. The van der Waals surface area contributed by atoms with Crippen LogP contribution >= 0.6 is 7.92 Å². The van der Waals surface area contributed by atoms with Crippen molar-refractivity contribution in [2.75, 3.05) is 6.66 Å². The van der Waals surface area contributed by atoms with E-state index in [1.807, 2.05) is 0 Å². The molecule has 1 heterocycles. The summed E-state index contributed by atoms with van der Waals surface area (Å²) in [6.45, 7) is 7.29. The van der Waals surface area contributed by atoms with Crippen LogP contribution in [-0.2, 0) is 0 Å². The van der Waals surface area contributed by atoms with Crippen LogP contribution in [0.2, 0.25) is 0 Å². The molecule has 0 aromatic carbocycles. The van der Waals surface area contributed by atoms with Gasteiger partial charge in [-0.15, -0.1) is 7.92 Å². The van der Waals surface area contributed by atoms with Crippen LogP contribution in [-0.4, -0.2) is 18.0 Å². The van der Waals surface area contributed by atoms with Gasteiger partial charge in [-0.3, -0.25) is 0 Å². The van der Waals surface area contributed by atoms with E-state index in [2.05, 4.69) is 20.5 Å². The van der Waals surface area contributed by atoms with Crippen molar-refractivity contribution < 1.29 is 0 Å². The van der Waals surface area contributed by atoms with Gasteiger partial charge in [-0.1, -0.05) is 26.7 Å². The molecule has 1 rings (SSSR count). The van der Waals surface area contributed by atoms with Crippen LogP contribution in [0.15, 0.2) is 0 Å². The minimum atomic E-state index is 0.378. The van der Waals surface area contributed by atoms with Crippen molar-refractivity contribution in [3.63, 3.8) is 0 Å². The van der Waals surface area contributed by atoms with E-state index in [9.17, 15) is 0 Å². The summed E-state index contributed by atoms with van der Waals surface area (Å²) in [6, 6.07) is 0. The van der Waals surface area contributed by atoms with Gasteiger partial charge in [0.2, 0.25) is 0 Å². The molecule has 1 fully saturated rings. The smallest absolute Gasteiger partial charge is 0.0209 e. The topological polar surface area (TPSA) is 0 Å². The quantitative estimate of drug-likeness (QED) is 0.555. The predicted octanol–water partition coefficient (Wildman–Crippen LogP) is 3.84. The molecule has 0 aromatic heterocycles. The largest absolute Gasteiger partial charge is 0.104 e. The van der Waals surface area contributed by atoms with E-state index in [1.165, 1.54) is 32.1 Å². The number of rotatable bonds is 2. The van der Waals surface area contributed by atoms with E-state index in [-0.39, 0.29) is 0 Å². The van der Waals surface area contributed by atoms with Crippen molar-refractivity contribution >= 4 is 7.92 Å². The lowest BCUT2D eigenvalue weighted by Gasteiger charge is -2.34. The van der Waals surface area contributed by atoms with Crippen LogP contribution in [0.3, 0.4) is 0 Å². The molecule has 1 heteroatoms. The van der Waals surface area contributed by atoms with Crippen molar-refractivity contribution in [3.8, 4) is 0 Å². The molecule has 0 N–H and O–H groups in total. The number of hydrogen-bond donors (Lipinski definition) is 0. The molecule has 1 aliphatic rings. The molecule has 66 valence electrons. The first-order valence-electron chi connectivity index (χ1n) is 4.97. The van der Waals surface area contributed by atoms with Gasteiger partial charge in [0, 0.05) is 0 Å². The summed E-state index contributed by atoms with van der Waals surface area (Å²) < 4.78 is 0. The Kier molecular flexibility index (Phi) is 3.85. The van der Waals surface area contributed by atoms with Crippen LogP contribution in [0.1, 0.15) is 46.0 Å². The van der Waals surface area contributed by atoms with E-state index >= 15 is 0 Å². The molecule has 0 bridgehead atoms. The summed E-state index contributed by atoms with van der Waals surface area (Å²) in [4.78, 5) is 0. The Morgan fingerprint density at radius 1 is 1.36 bits per heavy atom. The first-order valence-corrected chi connectivity index (χ1v) is 6.90. The summed E-state index contributed by atoms with van der Waals surface area (Å²) in [6.07, 6.45) is 7.41. The lowest BCUT2D eigenvalue weighted by Crippen LogP contribution is -2.18. The molecule has 1 saturated heterocycles. The van der Waals surface area contributed by atoms with Crippen LogP contribution in [0.4, 0.5) is 0 Å². The zero-order valence-corrected chi connectivity index (χ0v) is 9.03. The Morgan fingerprint density at radius 2 is 2.09 bits per heavy atom. The monoisotopic (exact) mass is 172 g/mol. The zero-order valence-electron chi connectivity index (χ0n) is 8.14. The third-order valence-corrected chi connectivity index (χ3v) is 6.37. The Bertz CT molecular complexity index is 109. The van der Waals surface area contributed by atoms with Gasteiger partial charge in [-0.05, 0) is 37.2 Å². The minimum absolute atomic E-state index is 0.378. The van der Waals surface area contributed by atoms with E-state index < -0.39 is 0 Å². The van der Waals surface area contributed by atoms with Crippen LogP contribution in [0.5, 0.6) is 0 Å². The molecule has 0 nitrogen and oxygen atoms in total. The highest BCUT2D eigenvalue weighted by Crippen LogP contribution is 2.51. The molecule has 0 aromatic rings. The molecule has 3 unspecified atom stereocenters. The van der Waals surface area contributed by atoms with Gasteiger partial charge in [-0.25, -0.2) is 0 Å². The molecule has 0 saturated carbocycles. The molecular formula is C10H21P. The van der Waals surface area contributed by atoms with E-state index in [1.54, 1.807) is 0 Å². The Hall–Kier alpha value is 0.430. The van der Waals surface area contributed by atoms with Gasteiger partial charge in [0.15, 0.2) is 0 Å². The van der Waals surface area contributed by atoms with Gasteiger partial charge >= 0.3 is 0 Å². The molecule has 0 spiro atoms. The average molecular weight is 172 g/mol. The van der Waals surface area contributed by atoms with E-state index in [4.69, 9.17) is 0 Å². The second-order valence-electron chi connectivity index (χ2n) is 3.89. The second-order valence-corrected chi connectivity index (χ2v) is 6.83. The second kappa shape index (κ2) is 4.45.